The average molecular weight is 453 g/mol. The van der Waals surface area contributed by atoms with Gasteiger partial charge in [0.25, 0.3) is 11.7 Å². The first-order chi connectivity index (χ1) is 16.2. The van der Waals surface area contributed by atoms with E-state index in [-0.39, 0.29) is 11.7 Å². The minimum atomic E-state index is -0.338. The van der Waals surface area contributed by atoms with Gasteiger partial charge in [0, 0.05) is 19.0 Å². The lowest BCUT2D eigenvalue weighted by Crippen LogP contribution is -2.19. The Morgan fingerprint density at radius 2 is 1.73 bits per heavy atom. The molecule has 1 aliphatic rings. The number of ketones is 1. The Morgan fingerprint density at radius 1 is 0.939 bits per heavy atom. The molecule has 6 rings (SSSR count). The molecule has 162 valence electrons. The lowest BCUT2D eigenvalue weighted by Gasteiger charge is -2.13. The fourth-order valence-electron chi connectivity index (χ4n) is 4.29. The van der Waals surface area contributed by atoms with Crippen molar-refractivity contribution < 1.29 is 9.21 Å². The number of nitrogens with zero attached hydrogens (tertiary/aromatic N) is 4. The Hall–Kier alpha value is -3.84. The smallest absolute Gasteiger partial charge is 0.318 e. The number of anilines is 1. The second kappa shape index (κ2) is 8.26. The fraction of sp³-hybridized carbons (Fsp3) is 0.154. The molecular weight excluding hydrogens is 432 g/mol. The summed E-state index contributed by atoms with van der Waals surface area (Å²) in [5.74, 6) is 0.0610. The van der Waals surface area contributed by atoms with E-state index in [1.165, 1.54) is 16.9 Å². The molecule has 3 heterocycles. The molecule has 0 radical (unpaired) electrons. The standard InChI is InChI=1S/C26H20N4O2S/c31-23(25-27-21-12-11-19(15-22(21)33-25)17-7-3-1-4-8-17)24-28-29-26(32-24)30-14-13-20(16-30)18-9-5-2-6-10-18/h1-12,15,20H,13-14,16H2/t20-/m1/s1. The highest BCUT2D eigenvalue weighted by atomic mass is 32.1. The van der Waals surface area contributed by atoms with Gasteiger partial charge in [-0.3, -0.25) is 4.79 Å². The summed E-state index contributed by atoms with van der Waals surface area (Å²) < 4.78 is 6.73. The van der Waals surface area contributed by atoms with Gasteiger partial charge in [-0.25, -0.2) is 4.98 Å². The van der Waals surface area contributed by atoms with Crippen LogP contribution in [0.2, 0.25) is 0 Å². The van der Waals surface area contributed by atoms with Crippen molar-refractivity contribution in [1.82, 2.24) is 15.2 Å². The third-order valence-electron chi connectivity index (χ3n) is 6.03. The number of hydrogen-bond acceptors (Lipinski definition) is 7. The van der Waals surface area contributed by atoms with Gasteiger partial charge in [0.1, 0.15) is 0 Å². The van der Waals surface area contributed by atoms with Crippen LogP contribution in [0, 0.1) is 0 Å². The molecule has 33 heavy (non-hydrogen) atoms. The van der Waals surface area contributed by atoms with Crippen molar-refractivity contribution in [2.24, 2.45) is 0 Å². The maximum atomic E-state index is 13.0. The van der Waals surface area contributed by atoms with Crippen LogP contribution in [0.3, 0.4) is 0 Å². The number of thiazole rings is 1. The van der Waals surface area contributed by atoms with Crippen molar-refractivity contribution in [3.63, 3.8) is 0 Å². The minimum absolute atomic E-state index is 0.0181. The molecule has 6 nitrogen and oxygen atoms in total. The van der Waals surface area contributed by atoms with Crippen LogP contribution in [0.4, 0.5) is 6.01 Å². The van der Waals surface area contributed by atoms with Crippen LogP contribution in [-0.4, -0.2) is 34.1 Å². The molecule has 0 unspecified atom stereocenters. The van der Waals surface area contributed by atoms with Crippen molar-refractivity contribution in [2.75, 3.05) is 18.0 Å². The first kappa shape index (κ1) is 19.8. The highest BCUT2D eigenvalue weighted by Crippen LogP contribution is 2.32. The molecule has 2 aromatic heterocycles. The summed E-state index contributed by atoms with van der Waals surface area (Å²) in [6.07, 6.45) is 1.01. The number of carbonyl (C=O) groups excluding carboxylic acids is 1. The average Bonchev–Trinajstić information content (AvgIpc) is 3.63. The molecule has 5 aromatic rings. The molecule has 0 saturated carbocycles. The van der Waals surface area contributed by atoms with Crippen LogP contribution in [0.25, 0.3) is 21.3 Å². The number of fused-ring (bicyclic) bond motifs is 1. The van der Waals surface area contributed by atoms with Crippen molar-refractivity contribution in [3.8, 4) is 11.1 Å². The molecule has 0 spiro atoms. The third kappa shape index (κ3) is 3.81. The van der Waals surface area contributed by atoms with E-state index >= 15 is 0 Å². The predicted octanol–water partition coefficient (Wildman–Crippen LogP) is 5.57. The van der Waals surface area contributed by atoms with Gasteiger partial charge in [-0.2, -0.15) is 0 Å². The topological polar surface area (TPSA) is 72.1 Å². The lowest BCUT2D eigenvalue weighted by molar-refractivity contribution is 0.100. The summed E-state index contributed by atoms with van der Waals surface area (Å²) in [5.41, 5.74) is 4.31. The summed E-state index contributed by atoms with van der Waals surface area (Å²) in [6.45, 7) is 1.61. The van der Waals surface area contributed by atoms with Crippen LogP contribution in [-0.2, 0) is 0 Å². The van der Waals surface area contributed by atoms with Gasteiger partial charge in [-0.1, -0.05) is 71.8 Å². The van der Waals surface area contributed by atoms with Crippen LogP contribution in [0.1, 0.15) is 33.6 Å². The van der Waals surface area contributed by atoms with E-state index < -0.39 is 0 Å². The zero-order valence-corrected chi connectivity index (χ0v) is 18.5. The molecule has 3 aromatic carbocycles. The number of carbonyl (C=O) groups is 1. The number of hydrogen-bond donors (Lipinski definition) is 0. The molecule has 1 fully saturated rings. The zero-order valence-electron chi connectivity index (χ0n) is 17.7. The van der Waals surface area contributed by atoms with Crippen molar-refractivity contribution in [2.45, 2.75) is 12.3 Å². The van der Waals surface area contributed by atoms with Crippen molar-refractivity contribution in [3.05, 3.63) is 95.3 Å². The quantitative estimate of drug-likeness (QED) is 0.325. The van der Waals surface area contributed by atoms with E-state index in [1.807, 2.05) is 41.3 Å². The van der Waals surface area contributed by atoms with E-state index in [0.717, 1.165) is 40.9 Å². The summed E-state index contributed by atoms with van der Waals surface area (Å²) >= 11 is 1.35. The van der Waals surface area contributed by atoms with E-state index in [9.17, 15) is 4.79 Å². The molecule has 1 atom stereocenters. The first-order valence-electron chi connectivity index (χ1n) is 10.9. The maximum absolute atomic E-state index is 13.0. The Morgan fingerprint density at radius 3 is 2.55 bits per heavy atom. The van der Waals surface area contributed by atoms with Crippen molar-refractivity contribution in [1.29, 1.82) is 0 Å². The number of benzene rings is 3. The summed E-state index contributed by atoms with van der Waals surface area (Å²) in [7, 11) is 0. The van der Waals surface area contributed by atoms with Crippen LogP contribution < -0.4 is 4.90 Å². The zero-order chi connectivity index (χ0) is 22.2. The molecular formula is C26H20N4O2S. The van der Waals surface area contributed by atoms with Gasteiger partial charge in [0.05, 0.1) is 10.2 Å². The minimum Gasteiger partial charge on any atom is -0.400 e. The Bertz CT molecular complexity index is 1430. The second-order valence-corrected chi connectivity index (χ2v) is 9.16. The molecule has 1 aliphatic heterocycles. The van der Waals surface area contributed by atoms with Gasteiger partial charge >= 0.3 is 6.01 Å². The monoisotopic (exact) mass is 452 g/mol. The Balaban J connectivity index is 1.21. The van der Waals surface area contributed by atoms with Gasteiger partial charge in [-0.05, 0) is 35.2 Å². The molecule has 0 aliphatic carbocycles. The highest BCUT2D eigenvalue weighted by Gasteiger charge is 2.29. The third-order valence-corrected chi connectivity index (χ3v) is 7.05. The van der Waals surface area contributed by atoms with Crippen LogP contribution >= 0.6 is 11.3 Å². The van der Waals surface area contributed by atoms with E-state index in [0.29, 0.717) is 16.9 Å². The molecule has 1 saturated heterocycles. The van der Waals surface area contributed by atoms with Crippen molar-refractivity contribution >= 4 is 33.4 Å². The molecule has 0 N–H and O–H groups in total. The summed E-state index contributed by atoms with van der Waals surface area (Å²) in [6, 6.07) is 27.0. The van der Waals surface area contributed by atoms with E-state index in [4.69, 9.17) is 4.42 Å². The fourth-order valence-corrected chi connectivity index (χ4v) is 5.23. The van der Waals surface area contributed by atoms with Gasteiger partial charge < -0.3 is 9.32 Å². The Kier molecular flexibility index (Phi) is 4.96. The SMILES string of the molecule is O=C(c1nnc(N2CC[C@@H](c3ccccc3)C2)o1)c1nc2ccc(-c3ccccc3)cc2s1. The second-order valence-electron chi connectivity index (χ2n) is 8.13. The lowest BCUT2D eigenvalue weighted by atomic mass is 9.99. The molecule has 0 amide bonds. The largest absolute Gasteiger partial charge is 0.400 e. The number of aromatic nitrogens is 3. The van der Waals surface area contributed by atoms with Gasteiger partial charge in [0.15, 0.2) is 5.01 Å². The van der Waals surface area contributed by atoms with E-state index in [2.05, 4.69) is 57.6 Å². The predicted molar refractivity (Wildman–Crippen MR) is 129 cm³/mol. The summed E-state index contributed by atoms with van der Waals surface area (Å²) in [4.78, 5) is 19.6. The summed E-state index contributed by atoms with van der Waals surface area (Å²) in [5, 5.41) is 8.53. The maximum Gasteiger partial charge on any atom is 0.318 e. The highest BCUT2D eigenvalue weighted by molar-refractivity contribution is 7.20. The molecule has 7 heteroatoms. The van der Waals surface area contributed by atoms with Gasteiger partial charge in [-0.15, -0.1) is 16.4 Å². The molecule has 0 bridgehead atoms. The number of rotatable bonds is 5. The normalized spacial score (nSPS) is 15.9. The Labute approximate surface area is 194 Å². The van der Waals surface area contributed by atoms with E-state index in [1.54, 1.807) is 0 Å². The van der Waals surface area contributed by atoms with Gasteiger partial charge in [0.2, 0.25) is 0 Å². The van der Waals surface area contributed by atoms with Crippen LogP contribution in [0.15, 0.2) is 83.3 Å². The first-order valence-corrected chi connectivity index (χ1v) is 11.7. The van der Waals surface area contributed by atoms with Crippen LogP contribution in [0.5, 0.6) is 0 Å².